The topological polar surface area (TPSA) is 48.4 Å². The maximum atomic E-state index is 12.6. The fraction of sp³-hybridized carbons (Fsp3) is 0.333. The third-order valence-corrected chi connectivity index (χ3v) is 2.09. The molecule has 0 aromatic carbocycles. The summed E-state index contributed by atoms with van der Waals surface area (Å²) in [5.74, 6) is -1.16. The summed E-state index contributed by atoms with van der Waals surface area (Å²) in [5.41, 5.74) is -0.731. The van der Waals surface area contributed by atoms with Crippen molar-refractivity contribution in [3.05, 3.63) is 22.3 Å². The maximum absolute atomic E-state index is 12.6. The van der Waals surface area contributed by atoms with Gasteiger partial charge in [-0.05, 0) is 6.07 Å². The second-order valence-electron chi connectivity index (χ2n) is 2.70. The number of nitrogens with zero attached hydrogens (tertiary/aromatic N) is 1. The first-order valence-electron chi connectivity index (χ1n) is 4.12. The van der Waals surface area contributed by atoms with Crippen molar-refractivity contribution in [2.45, 2.75) is 6.43 Å². The molecule has 4 nitrogen and oxygen atoms in total. The molecule has 1 heterocycles. The third-order valence-electron chi connectivity index (χ3n) is 1.78. The molecule has 1 aromatic heterocycles. The smallest absolute Gasteiger partial charge is 0.356 e. The number of carbonyl (C=O) groups is 1. The van der Waals surface area contributed by atoms with E-state index in [1.807, 2.05) is 0 Å². The van der Waals surface area contributed by atoms with Crippen LogP contribution in [0.1, 0.15) is 22.5 Å². The van der Waals surface area contributed by atoms with Crippen LogP contribution in [0.5, 0.6) is 5.88 Å². The number of carbonyl (C=O) groups excluding carboxylic acids is 1. The molecule has 0 aliphatic heterocycles. The summed E-state index contributed by atoms with van der Waals surface area (Å²) in [6, 6.07) is 1.01. The summed E-state index contributed by atoms with van der Waals surface area (Å²) in [6.45, 7) is 0. The van der Waals surface area contributed by atoms with E-state index < -0.39 is 18.0 Å². The number of alkyl halides is 2. The van der Waals surface area contributed by atoms with E-state index in [-0.39, 0.29) is 16.6 Å². The van der Waals surface area contributed by atoms with Crippen molar-refractivity contribution in [1.82, 2.24) is 4.98 Å². The Balaban J connectivity index is 3.32. The molecule has 88 valence electrons. The highest BCUT2D eigenvalue weighted by Gasteiger charge is 2.22. The van der Waals surface area contributed by atoms with Crippen molar-refractivity contribution in [3.8, 4) is 5.88 Å². The molecule has 0 fully saturated rings. The van der Waals surface area contributed by atoms with E-state index in [9.17, 15) is 13.6 Å². The fourth-order valence-electron chi connectivity index (χ4n) is 1.06. The van der Waals surface area contributed by atoms with Gasteiger partial charge in [-0.1, -0.05) is 11.6 Å². The molecule has 0 unspecified atom stereocenters. The Morgan fingerprint density at radius 2 is 2.12 bits per heavy atom. The number of esters is 1. The van der Waals surface area contributed by atoms with E-state index in [1.165, 1.54) is 0 Å². The number of methoxy groups -OCH3 is 2. The van der Waals surface area contributed by atoms with Gasteiger partial charge in [-0.25, -0.2) is 18.6 Å². The van der Waals surface area contributed by atoms with Crippen LogP contribution in [-0.4, -0.2) is 25.2 Å². The normalized spacial score (nSPS) is 10.4. The first-order chi connectivity index (χ1) is 7.51. The third kappa shape index (κ3) is 2.38. The average Bonchev–Trinajstić information content (AvgIpc) is 2.26. The predicted octanol–water partition coefficient (Wildman–Crippen LogP) is 2.47. The lowest BCUT2D eigenvalue weighted by Gasteiger charge is -2.09. The van der Waals surface area contributed by atoms with Crippen LogP contribution in [-0.2, 0) is 4.74 Å². The largest absolute Gasteiger partial charge is 0.481 e. The van der Waals surface area contributed by atoms with Crippen molar-refractivity contribution < 1.29 is 23.0 Å². The highest BCUT2D eigenvalue weighted by Crippen LogP contribution is 2.34. The Morgan fingerprint density at radius 3 is 2.56 bits per heavy atom. The zero-order valence-electron chi connectivity index (χ0n) is 8.46. The minimum Gasteiger partial charge on any atom is -0.481 e. The number of hydrogen-bond donors (Lipinski definition) is 0. The molecule has 0 aliphatic rings. The number of pyridine rings is 1. The molecule has 0 amide bonds. The van der Waals surface area contributed by atoms with Crippen LogP contribution in [0.3, 0.4) is 0 Å². The molecule has 7 heteroatoms. The molecule has 0 atom stereocenters. The first-order valence-corrected chi connectivity index (χ1v) is 4.50. The minimum atomic E-state index is -2.83. The average molecular weight is 252 g/mol. The minimum absolute atomic E-state index is 0.186. The lowest BCUT2D eigenvalue weighted by molar-refractivity contribution is 0.0592. The van der Waals surface area contributed by atoms with Gasteiger partial charge < -0.3 is 9.47 Å². The van der Waals surface area contributed by atoms with Gasteiger partial charge in [0, 0.05) is 0 Å². The molecular formula is C9H8ClF2NO3. The summed E-state index contributed by atoms with van der Waals surface area (Å²) in [6.07, 6.45) is -2.83. The van der Waals surface area contributed by atoms with Gasteiger partial charge in [0.1, 0.15) is 0 Å². The van der Waals surface area contributed by atoms with Crippen LogP contribution >= 0.6 is 11.6 Å². The number of rotatable bonds is 3. The lowest BCUT2D eigenvalue weighted by Crippen LogP contribution is -2.07. The van der Waals surface area contributed by atoms with Crippen molar-refractivity contribution in [2.75, 3.05) is 14.2 Å². The van der Waals surface area contributed by atoms with Crippen LogP contribution in [0.25, 0.3) is 0 Å². The monoisotopic (exact) mass is 251 g/mol. The highest BCUT2D eigenvalue weighted by molar-refractivity contribution is 6.31. The quantitative estimate of drug-likeness (QED) is 0.775. The van der Waals surface area contributed by atoms with Crippen LogP contribution in [0.2, 0.25) is 5.02 Å². The Labute approximate surface area is 95.1 Å². The van der Waals surface area contributed by atoms with Gasteiger partial charge in [0.15, 0.2) is 5.69 Å². The fourth-order valence-corrected chi connectivity index (χ4v) is 1.33. The molecule has 16 heavy (non-hydrogen) atoms. The van der Waals surface area contributed by atoms with Crippen molar-refractivity contribution in [3.63, 3.8) is 0 Å². The summed E-state index contributed by atoms with van der Waals surface area (Å²) in [7, 11) is 2.30. The van der Waals surface area contributed by atoms with Gasteiger partial charge in [-0.15, -0.1) is 0 Å². The molecule has 0 saturated carbocycles. The summed E-state index contributed by atoms with van der Waals surface area (Å²) < 4.78 is 34.2. The standard InChI is InChI=1S/C9H8ClF2NO3/c1-15-8-6(7(11)12)4(10)3-5(13-8)9(14)16-2/h3,7H,1-2H3. The van der Waals surface area contributed by atoms with Crippen LogP contribution in [0.15, 0.2) is 6.07 Å². The van der Waals surface area contributed by atoms with Crippen LogP contribution in [0.4, 0.5) is 8.78 Å². The summed E-state index contributed by atoms with van der Waals surface area (Å²) in [4.78, 5) is 14.7. The van der Waals surface area contributed by atoms with Gasteiger partial charge in [-0.3, -0.25) is 0 Å². The van der Waals surface area contributed by atoms with E-state index >= 15 is 0 Å². The van der Waals surface area contributed by atoms with Crippen LogP contribution in [0, 0.1) is 0 Å². The molecule has 0 saturated heterocycles. The van der Waals surface area contributed by atoms with E-state index in [4.69, 9.17) is 11.6 Å². The van der Waals surface area contributed by atoms with Crippen molar-refractivity contribution >= 4 is 17.6 Å². The number of halogens is 3. The zero-order chi connectivity index (χ0) is 12.3. The number of aromatic nitrogens is 1. The van der Waals surface area contributed by atoms with Gasteiger partial charge in [0.05, 0.1) is 24.8 Å². The molecule has 1 rings (SSSR count). The molecule has 0 N–H and O–H groups in total. The van der Waals surface area contributed by atoms with E-state index in [0.29, 0.717) is 0 Å². The molecular weight excluding hydrogens is 244 g/mol. The van der Waals surface area contributed by atoms with E-state index in [2.05, 4.69) is 14.5 Å². The predicted molar refractivity (Wildman–Crippen MR) is 52.1 cm³/mol. The second-order valence-corrected chi connectivity index (χ2v) is 3.11. The summed E-state index contributed by atoms with van der Waals surface area (Å²) >= 11 is 5.60. The summed E-state index contributed by atoms with van der Waals surface area (Å²) in [5, 5.41) is -0.290. The molecule has 0 aliphatic carbocycles. The molecule has 1 aromatic rings. The number of hydrogen-bond acceptors (Lipinski definition) is 4. The maximum Gasteiger partial charge on any atom is 0.356 e. The van der Waals surface area contributed by atoms with Gasteiger partial charge >= 0.3 is 5.97 Å². The zero-order valence-corrected chi connectivity index (χ0v) is 9.22. The van der Waals surface area contributed by atoms with E-state index in [1.54, 1.807) is 0 Å². The van der Waals surface area contributed by atoms with Gasteiger partial charge in [0.2, 0.25) is 5.88 Å². The Morgan fingerprint density at radius 1 is 1.50 bits per heavy atom. The van der Waals surface area contributed by atoms with Gasteiger partial charge in [0.25, 0.3) is 6.43 Å². The molecule has 0 spiro atoms. The second kappa shape index (κ2) is 5.07. The van der Waals surface area contributed by atoms with Crippen LogP contribution < -0.4 is 4.74 Å². The Bertz CT molecular complexity index is 412. The molecule has 0 bridgehead atoms. The highest BCUT2D eigenvalue weighted by atomic mass is 35.5. The van der Waals surface area contributed by atoms with Crippen molar-refractivity contribution in [2.24, 2.45) is 0 Å². The Hall–Kier alpha value is -1.43. The first kappa shape index (κ1) is 12.6. The number of ether oxygens (including phenoxy) is 2. The molecule has 0 radical (unpaired) electrons. The lowest BCUT2D eigenvalue weighted by atomic mass is 10.2. The SMILES string of the molecule is COC(=O)c1cc(Cl)c(C(F)F)c(OC)n1. The Kier molecular flexibility index (Phi) is 4.00. The van der Waals surface area contributed by atoms with E-state index in [0.717, 1.165) is 20.3 Å². The van der Waals surface area contributed by atoms with Crippen molar-refractivity contribution in [1.29, 1.82) is 0 Å². The van der Waals surface area contributed by atoms with Gasteiger partial charge in [-0.2, -0.15) is 0 Å².